The molecule has 2 aliphatic rings. The van der Waals surface area contributed by atoms with Gasteiger partial charge in [-0.2, -0.15) is 0 Å². The minimum atomic E-state index is 0.710. The first-order valence-corrected chi connectivity index (χ1v) is 6.92. The average Bonchev–Trinajstić information content (AvgIpc) is 3.09. The van der Waals surface area contributed by atoms with Gasteiger partial charge in [-0.05, 0) is 25.2 Å². The molecule has 3 heteroatoms. The first kappa shape index (κ1) is 12.3. The molecule has 0 aromatic rings. The van der Waals surface area contributed by atoms with Crippen LogP contribution in [0.1, 0.15) is 32.6 Å². The predicted molar refractivity (Wildman–Crippen MR) is 66.7 cm³/mol. The second-order valence-corrected chi connectivity index (χ2v) is 5.26. The summed E-state index contributed by atoms with van der Waals surface area (Å²) < 4.78 is 5.69. The Balaban J connectivity index is 1.53. The van der Waals surface area contributed by atoms with Crippen molar-refractivity contribution >= 4 is 0 Å². The van der Waals surface area contributed by atoms with Crippen molar-refractivity contribution in [3.8, 4) is 0 Å². The van der Waals surface area contributed by atoms with E-state index in [1.807, 2.05) is 0 Å². The third kappa shape index (κ3) is 4.40. The predicted octanol–water partition coefficient (Wildman–Crippen LogP) is 1.49. The Kier molecular flexibility index (Phi) is 5.07. The monoisotopic (exact) mass is 226 g/mol. The average molecular weight is 226 g/mol. The second kappa shape index (κ2) is 6.58. The van der Waals surface area contributed by atoms with Crippen LogP contribution in [0.4, 0.5) is 0 Å². The van der Waals surface area contributed by atoms with Gasteiger partial charge in [0.2, 0.25) is 0 Å². The van der Waals surface area contributed by atoms with Crippen molar-refractivity contribution in [1.82, 2.24) is 10.2 Å². The summed E-state index contributed by atoms with van der Waals surface area (Å²) in [5.41, 5.74) is 0. The van der Waals surface area contributed by atoms with Gasteiger partial charge >= 0.3 is 0 Å². The number of nitrogens with one attached hydrogen (secondary N) is 1. The Morgan fingerprint density at radius 1 is 1.38 bits per heavy atom. The maximum absolute atomic E-state index is 5.69. The largest absolute Gasteiger partial charge is 0.380 e. The van der Waals surface area contributed by atoms with Crippen LogP contribution < -0.4 is 5.32 Å². The van der Waals surface area contributed by atoms with E-state index in [2.05, 4.69) is 17.1 Å². The highest BCUT2D eigenvalue weighted by atomic mass is 16.5. The topological polar surface area (TPSA) is 24.5 Å². The number of ether oxygens (including phenoxy) is 1. The fourth-order valence-electron chi connectivity index (χ4n) is 2.37. The fourth-order valence-corrected chi connectivity index (χ4v) is 2.37. The lowest BCUT2D eigenvalue weighted by Crippen LogP contribution is -2.51. The highest BCUT2D eigenvalue weighted by molar-refractivity contribution is 4.78. The van der Waals surface area contributed by atoms with Crippen LogP contribution in [0.25, 0.3) is 0 Å². The molecule has 3 nitrogen and oxygen atoms in total. The Morgan fingerprint density at radius 2 is 2.25 bits per heavy atom. The SMILES string of the molecule is CCCC1CN(CCOCC2CC2)CCN1. The highest BCUT2D eigenvalue weighted by Gasteiger charge is 2.21. The van der Waals surface area contributed by atoms with Gasteiger partial charge < -0.3 is 10.1 Å². The Bertz CT molecular complexity index is 192. The fraction of sp³-hybridized carbons (Fsp3) is 1.00. The minimum Gasteiger partial charge on any atom is -0.380 e. The van der Waals surface area contributed by atoms with E-state index in [0.29, 0.717) is 6.04 Å². The molecule has 1 saturated heterocycles. The van der Waals surface area contributed by atoms with E-state index in [1.54, 1.807) is 0 Å². The Labute approximate surface area is 99.5 Å². The molecule has 0 radical (unpaired) electrons. The molecule has 0 spiro atoms. The lowest BCUT2D eigenvalue weighted by Gasteiger charge is -2.33. The van der Waals surface area contributed by atoms with Crippen molar-refractivity contribution < 1.29 is 4.74 Å². The Hall–Kier alpha value is -0.120. The van der Waals surface area contributed by atoms with Gasteiger partial charge in [0.1, 0.15) is 0 Å². The summed E-state index contributed by atoms with van der Waals surface area (Å²) in [5, 5.41) is 3.59. The molecule has 0 amide bonds. The van der Waals surface area contributed by atoms with Crippen LogP contribution in [0.5, 0.6) is 0 Å². The molecule has 0 aromatic heterocycles. The van der Waals surface area contributed by atoms with Gasteiger partial charge in [0, 0.05) is 38.8 Å². The molecule has 0 bridgehead atoms. The van der Waals surface area contributed by atoms with E-state index in [0.717, 1.165) is 32.2 Å². The summed E-state index contributed by atoms with van der Waals surface area (Å²) in [4.78, 5) is 2.55. The van der Waals surface area contributed by atoms with E-state index in [4.69, 9.17) is 4.74 Å². The summed E-state index contributed by atoms with van der Waals surface area (Å²) in [7, 11) is 0. The molecule has 1 aliphatic carbocycles. The van der Waals surface area contributed by atoms with E-state index in [-0.39, 0.29) is 0 Å². The van der Waals surface area contributed by atoms with Gasteiger partial charge in [-0.1, -0.05) is 13.3 Å². The normalized spacial score (nSPS) is 27.2. The van der Waals surface area contributed by atoms with Gasteiger partial charge in [-0.3, -0.25) is 4.90 Å². The van der Waals surface area contributed by atoms with Crippen LogP contribution in [-0.2, 0) is 4.74 Å². The number of nitrogens with zero attached hydrogens (tertiary/aromatic N) is 1. The molecule has 94 valence electrons. The van der Waals surface area contributed by atoms with Crippen LogP contribution in [0, 0.1) is 5.92 Å². The molecule has 1 unspecified atom stereocenters. The zero-order valence-corrected chi connectivity index (χ0v) is 10.6. The van der Waals surface area contributed by atoms with Crippen molar-refractivity contribution in [2.75, 3.05) is 39.4 Å². The van der Waals surface area contributed by atoms with Crippen molar-refractivity contribution in [3.63, 3.8) is 0 Å². The molecule has 2 fully saturated rings. The van der Waals surface area contributed by atoms with Crippen LogP contribution in [0.15, 0.2) is 0 Å². The summed E-state index contributed by atoms with van der Waals surface area (Å²) in [5.74, 6) is 0.899. The number of hydrogen-bond donors (Lipinski definition) is 1. The summed E-state index contributed by atoms with van der Waals surface area (Å²) >= 11 is 0. The maximum Gasteiger partial charge on any atom is 0.0593 e. The standard InChI is InChI=1S/C13H26N2O/c1-2-3-13-10-15(7-6-14-13)8-9-16-11-12-4-5-12/h12-14H,2-11H2,1H3. The second-order valence-electron chi connectivity index (χ2n) is 5.26. The van der Waals surface area contributed by atoms with Gasteiger partial charge in [0.05, 0.1) is 6.61 Å². The number of rotatable bonds is 7. The molecule has 1 atom stereocenters. The van der Waals surface area contributed by atoms with Crippen LogP contribution in [0.3, 0.4) is 0 Å². The molecule has 16 heavy (non-hydrogen) atoms. The molecule has 1 heterocycles. The van der Waals surface area contributed by atoms with E-state index in [1.165, 1.54) is 38.8 Å². The van der Waals surface area contributed by atoms with Crippen LogP contribution in [0.2, 0.25) is 0 Å². The lowest BCUT2D eigenvalue weighted by molar-refractivity contribution is 0.0847. The van der Waals surface area contributed by atoms with Gasteiger partial charge in [-0.15, -0.1) is 0 Å². The first-order valence-electron chi connectivity index (χ1n) is 6.92. The van der Waals surface area contributed by atoms with Crippen molar-refractivity contribution in [3.05, 3.63) is 0 Å². The van der Waals surface area contributed by atoms with Gasteiger partial charge in [-0.25, -0.2) is 0 Å². The molecular weight excluding hydrogens is 200 g/mol. The number of piperazine rings is 1. The highest BCUT2D eigenvalue weighted by Crippen LogP contribution is 2.28. The lowest BCUT2D eigenvalue weighted by atomic mass is 10.1. The third-order valence-electron chi connectivity index (χ3n) is 3.58. The molecule has 1 aliphatic heterocycles. The van der Waals surface area contributed by atoms with Crippen molar-refractivity contribution in [2.24, 2.45) is 5.92 Å². The zero-order chi connectivity index (χ0) is 11.2. The molecule has 1 N–H and O–H groups in total. The minimum absolute atomic E-state index is 0.710. The third-order valence-corrected chi connectivity index (χ3v) is 3.58. The van der Waals surface area contributed by atoms with Crippen LogP contribution in [-0.4, -0.2) is 50.3 Å². The van der Waals surface area contributed by atoms with E-state index >= 15 is 0 Å². The molecule has 1 saturated carbocycles. The Morgan fingerprint density at radius 3 is 3.00 bits per heavy atom. The van der Waals surface area contributed by atoms with Crippen molar-refractivity contribution in [1.29, 1.82) is 0 Å². The molecular formula is C13H26N2O. The van der Waals surface area contributed by atoms with Crippen molar-refractivity contribution in [2.45, 2.75) is 38.6 Å². The van der Waals surface area contributed by atoms with E-state index < -0.39 is 0 Å². The molecule has 0 aromatic carbocycles. The van der Waals surface area contributed by atoms with Gasteiger partial charge in [0.25, 0.3) is 0 Å². The number of hydrogen-bond acceptors (Lipinski definition) is 3. The summed E-state index contributed by atoms with van der Waals surface area (Å²) in [6.45, 7) is 8.86. The smallest absolute Gasteiger partial charge is 0.0593 e. The quantitative estimate of drug-likeness (QED) is 0.666. The van der Waals surface area contributed by atoms with Gasteiger partial charge in [0.15, 0.2) is 0 Å². The first-order chi connectivity index (χ1) is 7.88. The summed E-state index contributed by atoms with van der Waals surface area (Å²) in [6.07, 6.45) is 5.38. The zero-order valence-electron chi connectivity index (χ0n) is 10.6. The summed E-state index contributed by atoms with van der Waals surface area (Å²) in [6, 6.07) is 0.710. The van der Waals surface area contributed by atoms with E-state index in [9.17, 15) is 0 Å². The van der Waals surface area contributed by atoms with Crippen LogP contribution >= 0.6 is 0 Å². The molecule has 2 rings (SSSR count). The maximum atomic E-state index is 5.69.